The first-order valence-corrected chi connectivity index (χ1v) is 8.91. The number of nitrogens with two attached hydrogens (primary N) is 1. The number of benzene rings is 1. The van der Waals surface area contributed by atoms with Gasteiger partial charge in [-0.2, -0.15) is 0 Å². The molecule has 0 bridgehead atoms. The molecular weight excluding hydrogens is 274 g/mol. The van der Waals surface area contributed by atoms with E-state index in [-0.39, 0.29) is 11.8 Å². The van der Waals surface area contributed by atoms with E-state index < -0.39 is 9.84 Å². The minimum Gasteiger partial charge on any atom is -0.493 e. The number of ether oxygens (including phenoxy) is 1. The number of aryl methyl sites for hydroxylation is 2. The molecule has 1 aromatic carbocycles. The molecule has 0 amide bonds. The predicted molar refractivity (Wildman–Crippen MR) is 83.1 cm³/mol. The van der Waals surface area contributed by atoms with E-state index in [2.05, 4.69) is 12.1 Å². The van der Waals surface area contributed by atoms with Crippen LogP contribution in [0.1, 0.15) is 30.0 Å². The van der Waals surface area contributed by atoms with Crippen LogP contribution >= 0.6 is 0 Å². The van der Waals surface area contributed by atoms with Gasteiger partial charge >= 0.3 is 0 Å². The van der Waals surface area contributed by atoms with Crippen LogP contribution in [0.3, 0.4) is 0 Å². The van der Waals surface area contributed by atoms with Crippen LogP contribution in [-0.2, 0) is 16.3 Å². The standard InChI is InChI=1S/C15H25NO3S/c1-11-8-14(10-13(3)16)9-12(2)15(11)19-6-5-7-20(4,17)18/h8-9,13H,5-7,10,16H2,1-4H3. The summed E-state index contributed by atoms with van der Waals surface area (Å²) in [6, 6.07) is 4.31. The second kappa shape index (κ2) is 7.09. The van der Waals surface area contributed by atoms with Gasteiger partial charge in [0, 0.05) is 12.3 Å². The van der Waals surface area contributed by atoms with Crippen LogP contribution in [0.15, 0.2) is 12.1 Å². The van der Waals surface area contributed by atoms with E-state index in [4.69, 9.17) is 10.5 Å². The SMILES string of the molecule is Cc1cc(CC(C)N)cc(C)c1OCCCS(C)(=O)=O. The van der Waals surface area contributed by atoms with Gasteiger partial charge in [0.25, 0.3) is 0 Å². The Morgan fingerprint density at radius 3 is 2.25 bits per heavy atom. The Labute approximate surface area is 122 Å². The van der Waals surface area contributed by atoms with Crippen molar-refractivity contribution in [2.45, 2.75) is 39.7 Å². The molecule has 1 aromatic rings. The number of hydrogen-bond acceptors (Lipinski definition) is 4. The lowest BCUT2D eigenvalue weighted by atomic mass is 10.0. The fourth-order valence-electron chi connectivity index (χ4n) is 2.25. The third kappa shape index (κ3) is 5.92. The summed E-state index contributed by atoms with van der Waals surface area (Å²) >= 11 is 0. The minimum absolute atomic E-state index is 0.135. The lowest BCUT2D eigenvalue weighted by molar-refractivity contribution is 0.313. The minimum atomic E-state index is -2.91. The third-order valence-corrected chi connectivity index (χ3v) is 4.01. The molecule has 0 radical (unpaired) electrons. The van der Waals surface area contributed by atoms with Gasteiger partial charge in [0.15, 0.2) is 0 Å². The highest BCUT2D eigenvalue weighted by molar-refractivity contribution is 7.90. The van der Waals surface area contributed by atoms with Crippen LogP contribution in [0.25, 0.3) is 0 Å². The van der Waals surface area contributed by atoms with Crippen LogP contribution < -0.4 is 10.5 Å². The van der Waals surface area contributed by atoms with Gasteiger partial charge in [0.2, 0.25) is 0 Å². The van der Waals surface area contributed by atoms with Crippen molar-refractivity contribution in [3.63, 3.8) is 0 Å². The Morgan fingerprint density at radius 1 is 1.25 bits per heavy atom. The summed E-state index contributed by atoms with van der Waals surface area (Å²) in [5.74, 6) is 1.01. The van der Waals surface area contributed by atoms with E-state index in [0.29, 0.717) is 13.0 Å². The second-order valence-electron chi connectivity index (χ2n) is 5.57. The number of hydrogen-bond donors (Lipinski definition) is 1. The zero-order chi connectivity index (χ0) is 15.3. The molecule has 0 aliphatic rings. The molecule has 20 heavy (non-hydrogen) atoms. The monoisotopic (exact) mass is 299 g/mol. The van der Waals surface area contributed by atoms with Crippen molar-refractivity contribution < 1.29 is 13.2 Å². The molecule has 0 aliphatic carbocycles. The summed E-state index contributed by atoms with van der Waals surface area (Å²) < 4.78 is 27.8. The molecule has 1 unspecified atom stereocenters. The van der Waals surface area contributed by atoms with E-state index in [1.165, 1.54) is 11.8 Å². The quantitative estimate of drug-likeness (QED) is 0.782. The first kappa shape index (κ1) is 17.0. The predicted octanol–water partition coefficient (Wildman–Crippen LogP) is 2.01. The van der Waals surface area contributed by atoms with Crippen molar-refractivity contribution in [1.29, 1.82) is 0 Å². The normalized spacial score (nSPS) is 13.2. The van der Waals surface area contributed by atoms with Crippen molar-refractivity contribution in [2.75, 3.05) is 18.6 Å². The largest absolute Gasteiger partial charge is 0.493 e. The Hall–Kier alpha value is -1.07. The van der Waals surface area contributed by atoms with Crippen molar-refractivity contribution in [2.24, 2.45) is 5.73 Å². The van der Waals surface area contributed by atoms with Gasteiger partial charge in [-0.1, -0.05) is 12.1 Å². The topological polar surface area (TPSA) is 69.4 Å². The average molecular weight is 299 g/mol. The van der Waals surface area contributed by atoms with Crippen LogP contribution in [-0.4, -0.2) is 33.1 Å². The zero-order valence-electron chi connectivity index (χ0n) is 12.8. The maximum atomic E-state index is 11.1. The highest BCUT2D eigenvalue weighted by Gasteiger charge is 2.08. The van der Waals surface area contributed by atoms with E-state index >= 15 is 0 Å². The van der Waals surface area contributed by atoms with Gasteiger partial charge in [-0.05, 0) is 50.3 Å². The lowest BCUT2D eigenvalue weighted by Crippen LogP contribution is -2.18. The van der Waals surface area contributed by atoms with E-state index in [0.717, 1.165) is 23.3 Å². The van der Waals surface area contributed by atoms with Crippen molar-refractivity contribution in [3.05, 3.63) is 28.8 Å². The first-order chi connectivity index (χ1) is 9.19. The number of rotatable bonds is 7. The molecule has 1 rings (SSSR count). The molecule has 0 aromatic heterocycles. The molecule has 1 atom stereocenters. The molecule has 2 N–H and O–H groups in total. The molecule has 0 saturated carbocycles. The van der Waals surface area contributed by atoms with Gasteiger partial charge in [0.05, 0.1) is 12.4 Å². The molecular formula is C15H25NO3S. The summed E-state index contributed by atoms with van der Waals surface area (Å²) in [5, 5.41) is 0. The Balaban J connectivity index is 2.67. The Bertz CT molecular complexity index is 527. The summed E-state index contributed by atoms with van der Waals surface area (Å²) in [6.07, 6.45) is 2.60. The van der Waals surface area contributed by atoms with E-state index in [9.17, 15) is 8.42 Å². The fraction of sp³-hybridized carbons (Fsp3) is 0.600. The third-order valence-electron chi connectivity index (χ3n) is 2.98. The van der Waals surface area contributed by atoms with Crippen LogP contribution in [0.2, 0.25) is 0 Å². The summed E-state index contributed by atoms with van der Waals surface area (Å²) in [6.45, 7) is 6.41. The van der Waals surface area contributed by atoms with E-state index in [1.54, 1.807) is 0 Å². The van der Waals surface area contributed by atoms with Gasteiger partial charge in [-0.3, -0.25) is 0 Å². The molecule has 114 valence electrons. The summed E-state index contributed by atoms with van der Waals surface area (Å²) in [7, 11) is -2.91. The summed E-state index contributed by atoms with van der Waals surface area (Å²) in [5.41, 5.74) is 9.16. The molecule has 0 saturated heterocycles. The maximum Gasteiger partial charge on any atom is 0.147 e. The Morgan fingerprint density at radius 2 is 1.80 bits per heavy atom. The van der Waals surface area contributed by atoms with Gasteiger partial charge in [-0.25, -0.2) is 8.42 Å². The first-order valence-electron chi connectivity index (χ1n) is 6.85. The van der Waals surface area contributed by atoms with Crippen molar-refractivity contribution >= 4 is 9.84 Å². The smallest absolute Gasteiger partial charge is 0.147 e. The van der Waals surface area contributed by atoms with Crippen LogP contribution in [0, 0.1) is 13.8 Å². The summed E-state index contributed by atoms with van der Waals surface area (Å²) in [4.78, 5) is 0. The maximum absolute atomic E-state index is 11.1. The van der Waals surface area contributed by atoms with Gasteiger partial charge in [0.1, 0.15) is 15.6 Å². The van der Waals surface area contributed by atoms with Crippen LogP contribution in [0.4, 0.5) is 0 Å². The lowest BCUT2D eigenvalue weighted by Gasteiger charge is -2.15. The van der Waals surface area contributed by atoms with E-state index in [1.807, 2.05) is 20.8 Å². The molecule has 0 fully saturated rings. The van der Waals surface area contributed by atoms with Crippen molar-refractivity contribution in [3.8, 4) is 5.75 Å². The molecule has 0 spiro atoms. The fourth-order valence-corrected chi connectivity index (χ4v) is 2.89. The molecule has 5 heteroatoms. The molecule has 0 heterocycles. The second-order valence-corrected chi connectivity index (χ2v) is 7.83. The van der Waals surface area contributed by atoms with Crippen molar-refractivity contribution in [1.82, 2.24) is 0 Å². The van der Waals surface area contributed by atoms with Crippen LogP contribution in [0.5, 0.6) is 5.75 Å². The van der Waals surface area contributed by atoms with Gasteiger partial charge in [-0.15, -0.1) is 0 Å². The zero-order valence-corrected chi connectivity index (χ0v) is 13.6. The highest BCUT2D eigenvalue weighted by atomic mass is 32.2. The number of sulfone groups is 1. The Kier molecular flexibility index (Phi) is 6.02. The average Bonchev–Trinajstić information content (AvgIpc) is 2.24. The highest BCUT2D eigenvalue weighted by Crippen LogP contribution is 2.25. The molecule has 4 nitrogen and oxygen atoms in total. The van der Waals surface area contributed by atoms with Gasteiger partial charge < -0.3 is 10.5 Å². The molecule has 0 aliphatic heterocycles.